The molecule has 0 unspecified atom stereocenters. The summed E-state index contributed by atoms with van der Waals surface area (Å²) in [6.07, 6.45) is 24.4. The van der Waals surface area contributed by atoms with Crippen LogP contribution in [0.25, 0.3) is 39.0 Å². The summed E-state index contributed by atoms with van der Waals surface area (Å²) in [7, 11) is 0. The molecule has 0 fully saturated rings. The standard InChI is InChI=1S/C40H52S5/c1-3-5-7-9-11-13-15-17-21-31-29-37(44-39(31)35-23-19-27-41-35)33-25-26-34(43-33)38-30-32(40(45-38)36-24-20-28-42-36)22-18-16-14-12-10-8-6-4-2/h19-20,23-30H,3-18,21-22H2,1-2H3. The van der Waals surface area contributed by atoms with Crippen LogP contribution in [0.5, 0.6) is 0 Å². The number of rotatable bonds is 22. The van der Waals surface area contributed by atoms with Crippen LogP contribution in [0.3, 0.4) is 0 Å². The minimum Gasteiger partial charge on any atom is -0.143 e. The molecule has 0 aliphatic carbocycles. The van der Waals surface area contributed by atoms with Crippen molar-refractivity contribution in [1.29, 1.82) is 0 Å². The SMILES string of the molecule is CCCCCCCCCCc1cc(-c2ccc(-c3cc(CCCCCCCCCC)c(-c4cccs4)s3)s2)sc1-c1cccs1. The molecule has 0 saturated carbocycles. The van der Waals surface area contributed by atoms with E-state index in [1.165, 1.54) is 155 Å². The summed E-state index contributed by atoms with van der Waals surface area (Å²) >= 11 is 9.79. The average Bonchev–Trinajstić information content (AvgIpc) is 3.89. The Kier molecular flexibility index (Phi) is 15.0. The maximum Gasteiger partial charge on any atom is 0.0481 e. The molecule has 5 heterocycles. The van der Waals surface area contributed by atoms with Crippen LogP contribution >= 0.6 is 56.7 Å². The topological polar surface area (TPSA) is 0 Å². The number of thiophene rings is 5. The van der Waals surface area contributed by atoms with E-state index in [4.69, 9.17) is 0 Å². The second-order valence-electron chi connectivity index (χ2n) is 12.5. The summed E-state index contributed by atoms with van der Waals surface area (Å²) in [5.41, 5.74) is 3.12. The van der Waals surface area contributed by atoms with Crippen molar-refractivity contribution in [1.82, 2.24) is 0 Å². The predicted molar refractivity (Wildman–Crippen MR) is 210 cm³/mol. The van der Waals surface area contributed by atoms with Crippen LogP contribution in [0.15, 0.2) is 59.3 Å². The van der Waals surface area contributed by atoms with E-state index in [-0.39, 0.29) is 0 Å². The first-order valence-corrected chi connectivity index (χ1v) is 21.9. The zero-order chi connectivity index (χ0) is 31.1. The molecule has 45 heavy (non-hydrogen) atoms. The Bertz CT molecular complexity index is 1370. The molecule has 5 rings (SSSR count). The Morgan fingerprint density at radius 1 is 0.400 bits per heavy atom. The summed E-state index contributed by atoms with van der Waals surface area (Å²) < 4.78 is 0. The predicted octanol–water partition coefficient (Wildman–Crippen LogP) is 16.0. The lowest BCUT2D eigenvalue weighted by Crippen LogP contribution is -1.86. The summed E-state index contributed by atoms with van der Waals surface area (Å²) in [5.74, 6) is 0. The van der Waals surface area contributed by atoms with Crippen molar-refractivity contribution in [2.45, 2.75) is 129 Å². The van der Waals surface area contributed by atoms with Crippen LogP contribution in [0.2, 0.25) is 0 Å². The van der Waals surface area contributed by atoms with E-state index in [9.17, 15) is 0 Å². The molecular formula is C40H52S5. The molecule has 0 atom stereocenters. The molecule has 0 amide bonds. The van der Waals surface area contributed by atoms with Gasteiger partial charge in [0.15, 0.2) is 0 Å². The fraction of sp³-hybridized carbons (Fsp3) is 0.500. The van der Waals surface area contributed by atoms with Crippen LogP contribution in [0.4, 0.5) is 0 Å². The second-order valence-corrected chi connectivity index (χ2v) is 17.6. The molecular weight excluding hydrogens is 641 g/mol. The monoisotopic (exact) mass is 692 g/mol. The minimum atomic E-state index is 1.20. The highest BCUT2D eigenvalue weighted by Crippen LogP contribution is 2.47. The maximum absolute atomic E-state index is 2.52. The third kappa shape index (κ3) is 10.5. The second kappa shape index (κ2) is 19.4. The first-order valence-electron chi connectivity index (χ1n) is 17.7. The Hall–Kier alpha value is -1.50. The molecule has 0 aromatic carbocycles. The van der Waals surface area contributed by atoms with Crippen molar-refractivity contribution < 1.29 is 0 Å². The van der Waals surface area contributed by atoms with E-state index in [0.717, 1.165) is 0 Å². The fourth-order valence-corrected chi connectivity index (χ4v) is 11.6. The Balaban J connectivity index is 1.25. The van der Waals surface area contributed by atoms with Crippen LogP contribution in [-0.4, -0.2) is 0 Å². The Labute approximate surface area is 293 Å². The lowest BCUT2D eigenvalue weighted by Gasteiger charge is -2.03. The average molecular weight is 693 g/mol. The fourth-order valence-electron chi connectivity index (χ4n) is 6.21. The van der Waals surface area contributed by atoms with Gasteiger partial charge in [-0.15, -0.1) is 56.7 Å². The van der Waals surface area contributed by atoms with Gasteiger partial charge >= 0.3 is 0 Å². The quantitative estimate of drug-likeness (QED) is 0.0633. The minimum absolute atomic E-state index is 1.20. The van der Waals surface area contributed by atoms with Gasteiger partial charge in [-0.25, -0.2) is 0 Å². The van der Waals surface area contributed by atoms with E-state index >= 15 is 0 Å². The van der Waals surface area contributed by atoms with E-state index in [2.05, 4.69) is 73.1 Å². The van der Waals surface area contributed by atoms with E-state index in [0.29, 0.717) is 0 Å². The molecule has 0 bridgehead atoms. The van der Waals surface area contributed by atoms with Crippen LogP contribution in [0.1, 0.15) is 128 Å². The number of hydrogen-bond donors (Lipinski definition) is 0. The summed E-state index contributed by atoms with van der Waals surface area (Å²) in [5, 5.41) is 4.45. The van der Waals surface area contributed by atoms with Crippen molar-refractivity contribution in [2.75, 3.05) is 0 Å². The smallest absolute Gasteiger partial charge is 0.0481 e. The van der Waals surface area contributed by atoms with Crippen LogP contribution in [0, 0.1) is 0 Å². The van der Waals surface area contributed by atoms with Gasteiger partial charge in [0, 0.05) is 39.0 Å². The lowest BCUT2D eigenvalue weighted by molar-refractivity contribution is 0.576. The van der Waals surface area contributed by atoms with E-state index < -0.39 is 0 Å². The van der Waals surface area contributed by atoms with Gasteiger partial charge in [-0.05, 0) is 84.0 Å². The summed E-state index contributed by atoms with van der Waals surface area (Å²) in [6.45, 7) is 4.60. The van der Waals surface area contributed by atoms with Crippen molar-refractivity contribution >= 4 is 56.7 Å². The molecule has 5 aromatic heterocycles. The van der Waals surface area contributed by atoms with Gasteiger partial charge in [0.25, 0.3) is 0 Å². The van der Waals surface area contributed by atoms with Gasteiger partial charge in [0.1, 0.15) is 0 Å². The molecule has 0 saturated heterocycles. The molecule has 0 nitrogen and oxygen atoms in total. The van der Waals surface area contributed by atoms with Gasteiger partial charge in [-0.3, -0.25) is 0 Å². The van der Waals surface area contributed by atoms with Crippen LogP contribution in [-0.2, 0) is 12.8 Å². The van der Waals surface area contributed by atoms with Crippen molar-refractivity contribution in [2.24, 2.45) is 0 Å². The molecule has 0 aliphatic rings. The number of unbranched alkanes of at least 4 members (excludes halogenated alkanes) is 14. The zero-order valence-electron chi connectivity index (χ0n) is 27.5. The van der Waals surface area contributed by atoms with E-state index in [1.54, 1.807) is 11.1 Å². The molecule has 242 valence electrons. The Morgan fingerprint density at radius 3 is 1.18 bits per heavy atom. The molecule has 0 aliphatic heterocycles. The third-order valence-corrected chi connectivity index (χ3v) is 14.7. The lowest BCUT2D eigenvalue weighted by atomic mass is 10.0. The summed E-state index contributed by atoms with van der Waals surface area (Å²) in [6, 6.07) is 18.8. The number of aryl methyl sites for hydroxylation is 2. The first kappa shape index (κ1) is 34.8. The highest BCUT2D eigenvalue weighted by atomic mass is 32.1. The van der Waals surface area contributed by atoms with Crippen LogP contribution < -0.4 is 0 Å². The largest absolute Gasteiger partial charge is 0.143 e. The maximum atomic E-state index is 2.52. The molecule has 0 radical (unpaired) electrons. The molecule has 5 heteroatoms. The Morgan fingerprint density at radius 2 is 0.800 bits per heavy atom. The van der Waals surface area contributed by atoms with Crippen molar-refractivity contribution in [3.63, 3.8) is 0 Å². The van der Waals surface area contributed by atoms with Gasteiger partial charge in [-0.2, -0.15) is 0 Å². The zero-order valence-corrected chi connectivity index (χ0v) is 31.6. The summed E-state index contributed by atoms with van der Waals surface area (Å²) in [4.78, 5) is 11.6. The molecule has 5 aromatic rings. The number of hydrogen-bond acceptors (Lipinski definition) is 5. The van der Waals surface area contributed by atoms with E-state index in [1.807, 2.05) is 56.7 Å². The third-order valence-electron chi connectivity index (χ3n) is 8.80. The van der Waals surface area contributed by atoms with Gasteiger partial charge < -0.3 is 0 Å². The van der Waals surface area contributed by atoms with Gasteiger partial charge in [0.2, 0.25) is 0 Å². The van der Waals surface area contributed by atoms with Gasteiger partial charge in [-0.1, -0.05) is 116 Å². The highest BCUT2D eigenvalue weighted by molar-refractivity contribution is 7.29. The molecule has 0 N–H and O–H groups in total. The van der Waals surface area contributed by atoms with Gasteiger partial charge in [0.05, 0.1) is 0 Å². The normalized spacial score (nSPS) is 11.6. The first-order chi connectivity index (χ1) is 22.3. The van der Waals surface area contributed by atoms with Crippen molar-refractivity contribution in [3.05, 3.63) is 70.4 Å². The van der Waals surface area contributed by atoms with Crippen molar-refractivity contribution in [3.8, 4) is 39.0 Å². The molecule has 0 spiro atoms. The highest BCUT2D eigenvalue weighted by Gasteiger charge is 2.18.